The summed E-state index contributed by atoms with van der Waals surface area (Å²) in [6.45, 7) is 0.213. The molecule has 0 radical (unpaired) electrons. The molecule has 0 unspecified atom stereocenters. The third-order valence-electron chi connectivity index (χ3n) is 5.37. The second-order valence-corrected chi connectivity index (χ2v) is 9.06. The van der Waals surface area contributed by atoms with Crippen molar-refractivity contribution in [3.05, 3.63) is 47.4 Å². The minimum Gasteiger partial charge on any atom is -0.456 e. The van der Waals surface area contributed by atoms with Crippen LogP contribution in [0.15, 0.2) is 35.4 Å². The van der Waals surface area contributed by atoms with Gasteiger partial charge in [-0.1, -0.05) is 0 Å². The third kappa shape index (κ3) is 3.00. The molecule has 3 aromatic rings. The first kappa shape index (κ1) is 20.2. The average Bonchev–Trinajstić information content (AvgIpc) is 3.43. The molecule has 1 spiro atoms. The zero-order chi connectivity index (χ0) is 22.0. The van der Waals surface area contributed by atoms with Crippen molar-refractivity contribution in [1.82, 2.24) is 10.2 Å². The summed E-state index contributed by atoms with van der Waals surface area (Å²) in [5, 5.41) is 6.89. The first-order valence-electron chi connectivity index (χ1n) is 9.18. The van der Waals surface area contributed by atoms with Crippen molar-refractivity contribution in [3.8, 4) is 11.5 Å². The van der Waals surface area contributed by atoms with Gasteiger partial charge in [0.15, 0.2) is 5.79 Å². The molecular formula is C19H14F4N2O5S. The number of rotatable bonds is 3. The van der Waals surface area contributed by atoms with Crippen molar-refractivity contribution in [1.29, 1.82) is 0 Å². The van der Waals surface area contributed by atoms with Crippen LogP contribution >= 0.6 is 0 Å². The SMILES string of the molecule is O=S(=O)(c1ccc(Oc2cc(F)cc3[nH]ncc23)c2c1C1(CC2)OCCO1)C(F)(F)F. The minimum absolute atomic E-state index is 0.0755. The molecule has 0 atom stereocenters. The molecular weight excluding hydrogens is 444 g/mol. The monoisotopic (exact) mass is 458 g/mol. The largest absolute Gasteiger partial charge is 0.501 e. The molecule has 2 aliphatic rings. The Morgan fingerprint density at radius 3 is 2.58 bits per heavy atom. The Morgan fingerprint density at radius 2 is 1.87 bits per heavy atom. The van der Waals surface area contributed by atoms with Crippen LogP contribution in [-0.4, -0.2) is 37.3 Å². The van der Waals surface area contributed by atoms with Crippen LogP contribution in [0.25, 0.3) is 10.9 Å². The molecule has 1 aliphatic carbocycles. The number of alkyl halides is 3. The van der Waals surface area contributed by atoms with Crippen LogP contribution in [0.2, 0.25) is 0 Å². The molecule has 164 valence electrons. The van der Waals surface area contributed by atoms with E-state index in [2.05, 4.69) is 10.2 Å². The number of halogens is 4. The summed E-state index contributed by atoms with van der Waals surface area (Å²) in [6.07, 6.45) is 1.68. The molecule has 1 aromatic heterocycles. The molecule has 7 nitrogen and oxygen atoms in total. The van der Waals surface area contributed by atoms with Gasteiger partial charge in [-0.25, -0.2) is 12.8 Å². The van der Waals surface area contributed by atoms with E-state index in [9.17, 15) is 26.0 Å². The Kier molecular flexibility index (Phi) is 4.33. The highest BCUT2D eigenvalue weighted by molar-refractivity contribution is 7.92. The van der Waals surface area contributed by atoms with Gasteiger partial charge in [0.05, 0.1) is 35.2 Å². The average molecular weight is 458 g/mol. The molecule has 1 fully saturated rings. The maximum atomic E-state index is 14.0. The molecule has 12 heteroatoms. The van der Waals surface area contributed by atoms with Crippen molar-refractivity contribution < 1.29 is 40.2 Å². The van der Waals surface area contributed by atoms with Crippen molar-refractivity contribution in [3.63, 3.8) is 0 Å². The van der Waals surface area contributed by atoms with Crippen LogP contribution in [0.4, 0.5) is 17.6 Å². The van der Waals surface area contributed by atoms with Gasteiger partial charge < -0.3 is 14.2 Å². The normalized spacial score (nSPS) is 18.1. The van der Waals surface area contributed by atoms with Crippen LogP contribution < -0.4 is 4.74 Å². The zero-order valence-electron chi connectivity index (χ0n) is 15.6. The molecule has 1 saturated heterocycles. The molecule has 1 aliphatic heterocycles. The number of H-pyrrole nitrogens is 1. The number of hydrogen-bond acceptors (Lipinski definition) is 6. The predicted octanol–water partition coefficient (Wildman–Crippen LogP) is 3.93. The topological polar surface area (TPSA) is 90.5 Å². The van der Waals surface area contributed by atoms with E-state index in [4.69, 9.17) is 14.2 Å². The van der Waals surface area contributed by atoms with E-state index in [1.165, 1.54) is 12.3 Å². The molecule has 2 aromatic carbocycles. The van der Waals surface area contributed by atoms with Gasteiger partial charge in [-0.3, -0.25) is 5.10 Å². The highest BCUT2D eigenvalue weighted by atomic mass is 32.2. The molecule has 5 rings (SSSR count). The lowest BCUT2D eigenvalue weighted by Crippen LogP contribution is -2.30. The van der Waals surface area contributed by atoms with E-state index in [1.54, 1.807) is 0 Å². The summed E-state index contributed by atoms with van der Waals surface area (Å²) in [6, 6.07) is 4.27. The number of hydrogen-bond donors (Lipinski definition) is 1. The lowest BCUT2D eigenvalue weighted by atomic mass is 10.1. The number of ether oxygens (including phenoxy) is 3. The predicted molar refractivity (Wildman–Crippen MR) is 97.7 cm³/mol. The van der Waals surface area contributed by atoms with E-state index < -0.39 is 31.8 Å². The highest BCUT2D eigenvalue weighted by Crippen LogP contribution is 2.51. The van der Waals surface area contributed by atoms with E-state index in [-0.39, 0.29) is 48.7 Å². The summed E-state index contributed by atoms with van der Waals surface area (Å²) in [5.74, 6) is -2.06. The highest BCUT2D eigenvalue weighted by Gasteiger charge is 2.54. The van der Waals surface area contributed by atoms with Gasteiger partial charge in [0.25, 0.3) is 9.84 Å². The fraction of sp³-hybridized carbons (Fsp3) is 0.316. The summed E-state index contributed by atoms with van der Waals surface area (Å²) >= 11 is 0. The number of aromatic amines is 1. The maximum Gasteiger partial charge on any atom is 0.501 e. The maximum absolute atomic E-state index is 14.0. The summed E-state index contributed by atoms with van der Waals surface area (Å²) in [5.41, 5.74) is -5.16. The number of sulfone groups is 1. The quantitative estimate of drug-likeness (QED) is 0.598. The van der Waals surface area contributed by atoms with Gasteiger partial charge in [-0.15, -0.1) is 0 Å². The fourth-order valence-corrected chi connectivity index (χ4v) is 5.11. The van der Waals surface area contributed by atoms with E-state index in [0.29, 0.717) is 10.9 Å². The molecule has 1 N–H and O–H groups in total. The van der Waals surface area contributed by atoms with E-state index in [0.717, 1.165) is 18.2 Å². The van der Waals surface area contributed by atoms with Crippen LogP contribution in [0.3, 0.4) is 0 Å². The Hall–Kier alpha value is -2.70. The number of nitrogens with one attached hydrogen (secondary N) is 1. The third-order valence-corrected chi connectivity index (χ3v) is 6.90. The smallest absolute Gasteiger partial charge is 0.456 e. The van der Waals surface area contributed by atoms with Gasteiger partial charge in [0.2, 0.25) is 0 Å². The van der Waals surface area contributed by atoms with E-state index >= 15 is 0 Å². The molecule has 0 amide bonds. The zero-order valence-corrected chi connectivity index (χ0v) is 16.4. The van der Waals surface area contributed by atoms with E-state index in [1.807, 2.05) is 0 Å². The minimum atomic E-state index is -5.68. The fourth-order valence-electron chi connectivity index (χ4n) is 4.06. The Morgan fingerprint density at radius 1 is 1.13 bits per heavy atom. The van der Waals surface area contributed by atoms with Gasteiger partial charge in [-0.2, -0.15) is 18.3 Å². The Balaban J connectivity index is 1.70. The first-order chi connectivity index (χ1) is 14.6. The van der Waals surface area contributed by atoms with Crippen LogP contribution in [0, 0.1) is 5.82 Å². The van der Waals surface area contributed by atoms with Gasteiger partial charge in [0, 0.05) is 23.6 Å². The number of benzene rings is 2. The van der Waals surface area contributed by atoms with Gasteiger partial charge in [-0.05, 0) is 24.6 Å². The molecule has 2 heterocycles. The lowest BCUT2D eigenvalue weighted by molar-refractivity contribution is -0.164. The summed E-state index contributed by atoms with van der Waals surface area (Å²) < 4.78 is 95.5. The number of nitrogens with zero attached hydrogens (tertiary/aromatic N) is 1. The summed E-state index contributed by atoms with van der Waals surface area (Å²) in [7, 11) is -5.68. The Bertz CT molecular complexity index is 1300. The van der Waals surface area contributed by atoms with Crippen LogP contribution in [0.5, 0.6) is 11.5 Å². The van der Waals surface area contributed by atoms with Crippen molar-refractivity contribution in [2.45, 2.75) is 29.0 Å². The number of aromatic nitrogens is 2. The van der Waals surface area contributed by atoms with Crippen molar-refractivity contribution in [2.75, 3.05) is 13.2 Å². The molecule has 31 heavy (non-hydrogen) atoms. The molecule has 0 saturated carbocycles. The van der Waals surface area contributed by atoms with Crippen molar-refractivity contribution >= 4 is 20.7 Å². The van der Waals surface area contributed by atoms with Crippen molar-refractivity contribution in [2.24, 2.45) is 0 Å². The second-order valence-electron chi connectivity index (χ2n) is 7.15. The standard InChI is InChI=1S/C19H14F4N2O5S/c20-10-7-13-12(9-24-25-13)15(8-10)30-14-1-2-16(31(26,27)19(21,22)23)17-11(14)3-4-18(17)28-5-6-29-18/h1-2,7-9H,3-6H2,(H,24,25). The Labute approximate surface area is 172 Å². The number of fused-ring (bicyclic) bond motifs is 3. The second kappa shape index (κ2) is 6.65. The van der Waals surface area contributed by atoms with Crippen LogP contribution in [0.1, 0.15) is 17.5 Å². The molecule has 0 bridgehead atoms. The van der Waals surface area contributed by atoms with Gasteiger partial charge >= 0.3 is 5.51 Å². The van der Waals surface area contributed by atoms with Gasteiger partial charge in [0.1, 0.15) is 17.3 Å². The lowest BCUT2D eigenvalue weighted by Gasteiger charge is -2.26. The van der Waals surface area contributed by atoms with Crippen LogP contribution in [-0.2, 0) is 31.5 Å². The summed E-state index contributed by atoms with van der Waals surface area (Å²) in [4.78, 5) is -0.936. The first-order valence-corrected chi connectivity index (χ1v) is 10.7.